The van der Waals surface area contributed by atoms with Crippen molar-refractivity contribution in [2.75, 3.05) is 24.7 Å². The van der Waals surface area contributed by atoms with Crippen molar-refractivity contribution in [1.82, 2.24) is 15.1 Å². The van der Waals surface area contributed by atoms with Crippen LogP contribution in [0, 0.1) is 0 Å². The number of thioether (sulfide) groups is 1. The van der Waals surface area contributed by atoms with Crippen molar-refractivity contribution in [2.45, 2.75) is 39.8 Å². The van der Waals surface area contributed by atoms with Gasteiger partial charge in [0.25, 0.3) is 0 Å². The second kappa shape index (κ2) is 9.42. The quantitative estimate of drug-likeness (QED) is 0.636. The van der Waals surface area contributed by atoms with Crippen molar-refractivity contribution in [3.05, 3.63) is 17.5 Å². The van der Waals surface area contributed by atoms with Crippen molar-refractivity contribution >= 4 is 11.8 Å². The van der Waals surface area contributed by atoms with E-state index in [0.717, 1.165) is 44.0 Å². The van der Waals surface area contributed by atoms with Crippen LogP contribution in [-0.4, -0.2) is 39.5 Å². The van der Waals surface area contributed by atoms with Gasteiger partial charge in [-0.05, 0) is 31.6 Å². The van der Waals surface area contributed by atoms with Crippen molar-refractivity contribution in [2.24, 2.45) is 0 Å². The predicted molar refractivity (Wildman–Crippen MR) is 78.0 cm³/mol. The van der Waals surface area contributed by atoms with E-state index in [-0.39, 0.29) is 0 Å². The van der Waals surface area contributed by atoms with Gasteiger partial charge in [-0.2, -0.15) is 16.9 Å². The molecule has 1 aromatic heterocycles. The highest BCUT2D eigenvalue weighted by atomic mass is 32.2. The van der Waals surface area contributed by atoms with E-state index in [1.807, 2.05) is 11.8 Å². The summed E-state index contributed by atoms with van der Waals surface area (Å²) in [6.45, 7) is 7.39. The Morgan fingerprint density at radius 1 is 1.39 bits per heavy atom. The molecule has 0 aliphatic heterocycles. The van der Waals surface area contributed by atoms with E-state index >= 15 is 0 Å². The molecule has 0 fully saturated rings. The van der Waals surface area contributed by atoms with Gasteiger partial charge in [-0.1, -0.05) is 6.92 Å². The zero-order chi connectivity index (χ0) is 13.2. The van der Waals surface area contributed by atoms with Crippen molar-refractivity contribution in [1.29, 1.82) is 0 Å². The Bertz CT molecular complexity index is 328. The summed E-state index contributed by atoms with van der Waals surface area (Å²) in [6.07, 6.45) is 1.89. The zero-order valence-corrected chi connectivity index (χ0v) is 12.3. The lowest BCUT2D eigenvalue weighted by molar-refractivity contribution is 0.296. The molecule has 0 aliphatic carbocycles. The van der Waals surface area contributed by atoms with Crippen LogP contribution in [-0.2, 0) is 19.5 Å². The molecule has 0 aromatic carbocycles. The van der Waals surface area contributed by atoms with Gasteiger partial charge in [0.05, 0.1) is 11.4 Å². The second-order valence-corrected chi connectivity index (χ2v) is 5.39. The summed E-state index contributed by atoms with van der Waals surface area (Å²) >= 11 is 1.89. The highest BCUT2D eigenvalue weighted by Crippen LogP contribution is 2.05. The van der Waals surface area contributed by atoms with Crippen LogP contribution in [0.3, 0.4) is 0 Å². The Hall–Kier alpha value is -0.520. The van der Waals surface area contributed by atoms with Gasteiger partial charge < -0.3 is 10.4 Å². The number of nitrogens with zero attached hydrogens (tertiary/aromatic N) is 2. The van der Waals surface area contributed by atoms with Crippen molar-refractivity contribution in [3.63, 3.8) is 0 Å². The Balaban J connectivity index is 2.20. The number of hydrogen-bond donors (Lipinski definition) is 2. The first-order valence-corrected chi connectivity index (χ1v) is 7.92. The van der Waals surface area contributed by atoms with Crippen LogP contribution in [0.5, 0.6) is 0 Å². The first kappa shape index (κ1) is 15.5. The van der Waals surface area contributed by atoms with E-state index in [1.165, 1.54) is 11.4 Å². The lowest BCUT2D eigenvalue weighted by Crippen LogP contribution is -2.19. The number of aryl methyl sites for hydroxylation is 2. The second-order valence-electron chi connectivity index (χ2n) is 4.16. The Labute approximate surface area is 114 Å². The Morgan fingerprint density at radius 3 is 2.89 bits per heavy atom. The number of aromatic nitrogens is 2. The number of nitrogens with one attached hydrogen (secondary N) is 1. The maximum absolute atomic E-state index is 8.66. The molecule has 0 bridgehead atoms. The van der Waals surface area contributed by atoms with E-state index in [1.54, 1.807) is 0 Å². The summed E-state index contributed by atoms with van der Waals surface area (Å²) < 4.78 is 2.07. The molecule has 0 saturated carbocycles. The van der Waals surface area contributed by atoms with Crippen LogP contribution in [0.2, 0.25) is 0 Å². The van der Waals surface area contributed by atoms with Crippen LogP contribution in [0.4, 0.5) is 0 Å². The summed E-state index contributed by atoms with van der Waals surface area (Å²) in [5.74, 6) is 2.14. The molecule has 18 heavy (non-hydrogen) atoms. The molecule has 0 radical (unpaired) electrons. The molecule has 1 rings (SSSR count). The molecule has 1 heterocycles. The highest BCUT2D eigenvalue weighted by molar-refractivity contribution is 7.99. The zero-order valence-electron chi connectivity index (χ0n) is 11.5. The first-order valence-electron chi connectivity index (χ1n) is 6.76. The summed E-state index contributed by atoms with van der Waals surface area (Å²) in [5, 5.41) is 16.6. The van der Waals surface area contributed by atoms with Gasteiger partial charge in [-0.3, -0.25) is 4.68 Å². The smallest absolute Gasteiger partial charge is 0.0625 e. The number of aliphatic hydroxyl groups is 1. The lowest BCUT2D eigenvalue weighted by atomic mass is 10.3. The largest absolute Gasteiger partial charge is 0.396 e. The van der Waals surface area contributed by atoms with E-state index in [0.29, 0.717) is 6.61 Å². The topological polar surface area (TPSA) is 50.1 Å². The predicted octanol–water partition coefficient (Wildman–Crippen LogP) is 1.67. The fourth-order valence-corrected chi connectivity index (χ4v) is 2.56. The molecular formula is C13H25N3OS. The van der Waals surface area contributed by atoms with Gasteiger partial charge in [-0.15, -0.1) is 0 Å². The van der Waals surface area contributed by atoms with E-state index < -0.39 is 0 Å². The lowest BCUT2D eigenvalue weighted by Gasteiger charge is -2.06. The average molecular weight is 271 g/mol. The van der Waals surface area contributed by atoms with Crippen molar-refractivity contribution < 1.29 is 5.11 Å². The molecule has 1 aromatic rings. The van der Waals surface area contributed by atoms with Crippen molar-refractivity contribution in [3.8, 4) is 0 Å². The number of hydrogen-bond acceptors (Lipinski definition) is 4. The summed E-state index contributed by atoms with van der Waals surface area (Å²) in [5.41, 5.74) is 2.45. The highest BCUT2D eigenvalue weighted by Gasteiger charge is 2.04. The minimum absolute atomic E-state index is 0.301. The summed E-state index contributed by atoms with van der Waals surface area (Å²) in [7, 11) is 0. The third kappa shape index (κ3) is 5.42. The standard InChI is InChI=1S/C13H25N3OS/c1-3-12-10-13(16(4-2)15-12)11-14-6-9-18-8-5-7-17/h10,14,17H,3-9,11H2,1-2H3. The van der Waals surface area contributed by atoms with E-state index in [4.69, 9.17) is 5.11 Å². The number of aliphatic hydroxyl groups excluding tert-OH is 1. The van der Waals surface area contributed by atoms with Crippen LogP contribution < -0.4 is 5.32 Å². The first-order chi connectivity index (χ1) is 8.81. The van der Waals surface area contributed by atoms with Gasteiger partial charge in [-0.25, -0.2) is 0 Å². The number of rotatable bonds is 10. The maximum atomic E-state index is 8.66. The fourth-order valence-electron chi connectivity index (χ4n) is 1.73. The molecule has 0 unspecified atom stereocenters. The average Bonchev–Trinajstić information content (AvgIpc) is 2.80. The molecule has 2 N–H and O–H groups in total. The summed E-state index contributed by atoms with van der Waals surface area (Å²) in [6, 6.07) is 2.19. The normalized spacial score (nSPS) is 11.1. The van der Waals surface area contributed by atoms with Crippen LogP contribution >= 0.6 is 11.8 Å². The van der Waals surface area contributed by atoms with Gasteiger partial charge in [0.1, 0.15) is 0 Å². The monoisotopic (exact) mass is 271 g/mol. The van der Waals surface area contributed by atoms with Crippen LogP contribution in [0.25, 0.3) is 0 Å². The summed E-state index contributed by atoms with van der Waals surface area (Å²) in [4.78, 5) is 0. The fraction of sp³-hybridized carbons (Fsp3) is 0.769. The van der Waals surface area contributed by atoms with Gasteiger partial charge in [0.15, 0.2) is 0 Å². The molecule has 0 aliphatic rings. The molecular weight excluding hydrogens is 246 g/mol. The minimum Gasteiger partial charge on any atom is -0.396 e. The van der Waals surface area contributed by atoms with Gasteiger partial charge in [0, 0.05) is 32.0 Å². The molecule has 0 atom stereocenters. The molecule has 4 nitrogen and oxygen atoms in total. The molecule has 5 heteroatoms. The molecule has 104 valence electrons. The SMILES string of the molecule is CCc1cc(CNCCSCCCO)n(CC)n1. The Morgan fingerprint density at radius 2 is 2.22 bits per heavy atom. The minimum atomic E-state index is 0.301. The third-order valence-corrected chi connectivity index (χ3v) is 3.82. The van der Waals surface area contributed by atoms with E-state index in [2.05, 4.69) is 35.0 Å². The van der Waals surface area contributed by atoms with Gasteiger partial charge >= 0.3 is 0 Å². The molecule has 0 saturated heterocycles. The molecule has 0 amide bonds. The van der Waals surface area contributed by atoms with Crippen LogP contribution in [0.1, 0.15) is 31.7 Å². The van der Waals surface area contributed by atoms with Crippen LogP contribution in [0.15, 0.2) is 6.07 Å². The maximum Gasteiger partial charge on any atom is 0.0625 e. The van der Waals surface area contributed by atoms with Gasteiger partial charge in [0.2, 0.25) is 0 Å². The third-order valence-electron chi connectivity index (χ3n) is 2.75. The molecule has 0 spiro atoms. The van der Waals surface area contributed by atoms with E-state index in [9.17, 15) is 0 Å². The Kier molecular flexibility index (Phi) is 8.13.